The highest BCUT2D eigenvalue weighted by molar-refractivity contribution is 6.05. The lowest BCUT2D eigenvalue weighted by Crippen LogP contribution is -2.50. The summed E-state index contributed by atoms with van der Waals surface area (Å²) in [6, 6.07) is 4.19. The minimum Gasteiger partial charge on any atom is -0.482 e. The SMILES string of the molecule is CNC(=O)C(C)N1C(=O)COc2ccc(C(C)=O)cc21. The first-order valence-electron chi connectivity index (χ1n) is 6.27. The number of ketones is 1. The van der Waals surface area contributed by atoms with Gasteiger partial charge in [0.25, 0.3) is 5.91 Å². The average Bonchev–Trinajstić information content (AvgIpc) is 2.44. The number of carbonyl (C=O) groups excluding carboxylic acids is 3. The highest BCUT2D eigenvalue weighted by Crippen LogP contribution is 2.34. The van der Waals surface area contributed by atoms with Crippen molar-refractivity contribution in [3.8, 4) is 5.75 Å². The van der Waals surface area contributed by atoms with E-state index < -0.39 is 6.04 Å². The van der Waals surface area contributed by atoms with Crippen LogP contribution in [0.4, 0.5) is 5.69 Å². The number of anilines is 1. The molecule has 0 aromatic heterocycles. The lowest BCUT2D eigenvalue weighted by Gasteiger charge is -2.33. The Morgan fingerprint density at radius 3 is 2.70 bits per heavy atom. The molecule has 1 aliphatic rings. The summed E-state index contributed by atoms with van der Waals surface area (Å²) >= 11 is 0. The van der Waals surface area contributed by atoms with Gasteiger partial charge in [-0.3, -0.25) is 19.3 Å². The molecule has 0 saturated carbocycles. The quantitative estimate of drug-likeness (QED) is 0.827. The number of nitrogens with zero attached hydrogens (tertiary/aromatic N) is 1. The van der Waals surface area contributed by atoms with Gasteiger partial charge < -0.3 is 10.1 Å². The van der Waals surface area contributed by atoms with E-state index in [2.05, 4.69) is 5.32 Å². The number of benzene rings is 1. The molecule has 0 saturated heterocycles. The molecule has 0 bridgehead atoms. The highest BCUT2D eigenvalue weighted by Gasteiger charge is 2.33. The summed E-state index contributed by atoms with van der Waals surface area (Å²) in [7, 11) is 1.51. The summed E-state index contributed by atoms with van der Waals surface area (Å²) in [5.74, 6) is -0.211. The Morgan fingerprint density at radius 2 is 2.10 bits per heavy atom. The van der Waals surface area contributed by atoms with Crippen LogP contribution in [0.5, 0.6) is 5.75 Å². The second-order valence-electron chi connectivity index (χ2n) is 4.58. The number of hydrogen-bond acceptors (Lipinski definition) is 4. The van der Waals surface area contributed by atoms with E-state index in [1.165, 1.54) is 18.9 Å². The molecule has 1 aromatic rings. The Morgan fingerprint density at radius 1 is 1.40 bits per heavy atom. The van der Waals surface area contributed by atoms with Crippen LogP contribution in [0.15, 0.2) is 18.2 Å². The van der Waals surface area contributed by atoms with Gasteiger partial charge in [-0.1, -0.05) is 0 Å². The Hall–Kier alpha value is -2.37. The maximum atomic E-state index is 12.0. The van der Waals surface area contributed by atoms with Crippen molar-refractivity contribution in [3.63, 3.8) is 0 Å². The Bertz CT molecular complexity index is 583. The molecule has 1 atom stereocenters. The van der Waals surface area contributed by atoms with Gasteiger partial charge in [0, 0.05) is 12.6 Å². The van der Waals surface area contributed by atoms with Crippen molar-refractivity contribution in [2.24, 2.45) is 0 Å². The second-order valence-corrected chi connectivity index (χ2v) is 4.58. The van der Waals surface area contributed by atoms with Crippen LogP contribution in [-0.4, -0.2) is 37.3 Å². The van der Waals surface area contributed by atoms with Crippen LogP contribution in [0.2, 0.25) is 0 Å². The molecular formula is C14H16N2O4. The summed E-state index contributed by atoms with van der Waals surface area (Å²) < 4.78 is 5.33. The summed E-state index contributed by atoms with van der Waals surface area (Å²) in [5, 5.41) is 2.51. The first-order chi connectivity index (χ1) is 9.45. The molecule has 6 nitrogen and oxygen atoms in total. The second kappa shape index (κ2) is 5.32. The predicted octanol–water partition coefficient (Wildman–Crippen LogP) is 0.749. The maximum absolute atomic E-state index is 12.0. The van der Waals surface area contributed by atoms with Crippen molar-refractivity contribution in [1.29, 1.82) is 0 Å². The lowest BCUT2D eigenvalue weighted by atomic mass is 10.1. The van der Waals surface area contributed by atoms with Crippen LogP contribution in [0, 0.1) is 0 Å². The fourth-order valence-electron chi connectivity index (χ4n) is 2.14. The number of carbonyl (C=O) groups is 3. The zero-order chi connectivity index (χ0) is 14.9. The van der Waals surface area contributed by atoms with Crippen molar-refractivity contribution in [2.75, 3.05) is 18.6 Å². The summed E-state index contributed by atoms with van der Waals surface area (Å²) in [6.07, 6.45) is 0. The molecule has 0 spiro atoms. The van der Waals surface area contributed by atoms with E-state index >= 15 is 0 Å². The normalized spacial score (nSPS) is 15.2. The Balaban J connectivity index is 2.49. The van der Waals surface area contributed by atoms with E-state index in [1.54, 1.807) is 25.1 Å². The maximum Gasteiger partial charge on any atom is 0.265 e. The molecule has 0 radical (unpaired) electrons. The van der Waals surface area contributed by atoms with E-state index in [9.17, 15) is 14.4 Å². The number of amides is 2. The molecule has 1 N–H and O–H groups in total. The zero-order valence-electron chi connectivity index (χ0n) is 11.6. The van der Waals surface area contributed by atoms with Gasteiger partial charge in [-0.15, -0.1) is 0 Å². The zero-order valence-corrected chi connectivity index (χ0v) is 11.6. The number of Topliss-reactive ketones (excluding diaryl/α,β-unsaturated/α-hetero) is 1. The molecule has 1 heterocycles. The molecule has 6 heteroatoms. The third-order valence-electron chi connectivity index (χ3n) is 3.26. The monoisotopic (exact) mass is 276 g/mol. The van der Waals surface area contributed by atoms with Crippen LogP contribution in [0.25, 0.3) is 0 Å². The van der Waals surface area contributed by atoms with Crippen LogP contribution >= 0.6 is 0 Å². The summed E-state index contributed by atoms with van der Waals surface area (Å²) in [4.78, 5) is 36.6. The third kappa shape index (κ3) is 2.36. The third-order valence-corrected chi connectivity index (χ3v) is 3.26. The summed E-state index contributed by atoms with van der Waals surface area (Å²) in [5.41, 5.74) is 0.918. The van der Waals surface area contributed by atoms with Crippen molar-refractivity contribution in [2.45, 2.75) is 19.9 Å². The molecule has 2 rings (SSSR count). The molecular weight excluding hydrogens is 260 g/mol. The van der Waals surface area contributed by atoms with Gasteiger partial charge in [0.2, 0.25) is 5.91 Å². The molecule has 1 unspecified atom stereocenters. The number of hydrogen-bond donors (Lipinski definition) is 1. The van der Waals surface area contributed by atoms with Crippen LogP contribution in [-0.2, 0) is 9.59 Å². The topological polar surface area (TPSA) is 75.7 Å². The fourth-order valence-corrected chi connectivity index (χ4v) is 2.14. The molecule has 0 fully saturated rings. The lowest BCUT2D eigenvalue weighted by molar-refractivity contribution is -0.127. The van der Waals surface area contributed by atoms with Gasteiger partial charge in [0.15, 0.2) is 12.4 Å². The number of nitrogens with one attached hydrogen (secondary N) is 1. The van der Waals surface area contributed by atoms with E-state index in [1.807, 2.05) is 0 Å². The summed E-state index contributed by atoms with van der Waals surface area (Å²) in [6.45, 7) is 2.96. The van der Waals surface area contributed by atoms with E-state index in [4.69, 9.17) is 4.74 Å². The van der Waals surface area contributed by atoms with Crippen LogP contribution in [0.1, 0.15) is 24.2 Å². The van der Waals surface area contributed by atoms with Gasteiger partial charge in [-0.25, -0.2) is 0 Å². The minimum atomic E-state index is -0.669. The number of fused-ring (bicyclic) bond motifs is 1. The standard InChI is InChI=1S/C14H16N2O4/c1-8(14(19)15-3)16-11-6-10(9(2)17)4-5-12(11)20-7-13(16)18/h4-6,8H,7H2,1-3H3,(H,15,19). The van der Waals surface area contributed by atoms with Crippen molar-refractivity contribution < 1.29 is 19.1 Å². The number of likely N-dealkylation sites (N-methyl/N-ethyl adjacent to an activating group) is 1. The average molecular weight is 276 g/mol. The Kier molecular flexibility index (Phi) is 3.74. The van der Waals surface area contributed by atoms with Crippen molar-refractivity contribution in [3.05, 3.63) is 23.8 Å². The first kappa shape index (κ1) is 14.0. The number of ether oxygens (including phenoxy) is 1. The first-order valence-corrected chi connectivity index (χ1v) is 6.27. The predicted molar refractivity (Wildman–Crippen MR) is 73.0 cm³/mol. The largest absolute Gasteiger partial charge is 0.482 e. The van der Waals surface area contributed by atoms with Gasteiger partial charge in [-0.05, 0) is 32.0 Å². The molecule has 0 aliphatic carbocycles. The fraction of sp³-hybridized carbons (Fsp3) is 0.357. The highest BCUT2D eigenvalue weighted by atomic mass is 16.5. The molecule has 106 valence electrons. The van der Waals surface area contributed by atoms with E-state index in [0.717, 1.165) is 0 Å². The van der Waals surface area contributed by atoms with Crippen molar-refractivity contribution in [1.82, 2.24) is 5.32 Å². The van der Waals surface area contributed by atoms with Gasteiger partial charge in [-0.2, -0.15) is 0 Å². The van der Waals surface area contributed by atoms with Crippen LogP contribution in [0.3, 0.4) is 0 Å². The smallest absolute Gasteiger partial charge is 0.265 e. The minimum absolute atomic E-state index is 0.113. The van der Waals surface area contributed by atoms with Crippen molar-refractivity contribution >= 4 is 23.3 Å². The molecule has 20 heavy (non-hydrogen) atoms. The number of rotatable bonds is 3. The van der Waals surface area contributed by atoms with E-state index in [-0.39, 0.29) is 24.2 Å². The van der Waals surface area contributed by atoms with Gasteiger partial charge in [0.1, 0.15) is 11.8 Å². The molecule has 1 aromatic carbocycles. The molecule has 1 aliphatic heterocycles. The molecule has 2 amide bonds. The van der Waals surface area contributed by atoms with Gasteiger partial charge >= 0.3 is 0 Å². The Labute approximate surface area is 116 Å². The van der Waals surface area contributed by atoms with E-state index in [0.29, 0.717) is 17.0 Å². The van der Waals surface area contributed by atoms with Crippen LogP contribution < -0.4 is 15.0 Å². The van der Waals surface area contributed by atoms with Gasteiger partial charge in [0.05, 0.1) is 5.69 Å².